The van der Waals surface area contributed by atoms with Gasteiger partial charge >= 0.3 is 6.09 Å². The molecule has 0 unspecified atom stereocenters. The van der Waals surface area contributed by atoms with Crippen LogP contribution in [0.1, 0.15) is 17.0 Å². The zero-order chi connectivity index (χ0) is 24.3. The topological polar surface area (TPSA) is 127 Å². The number of carbonyl (C=O) groups is 1. The molecule has 2 aromatic carbocycles. The minimum absolute atomic E-state index is 0.0458. The summed E-state index contributed by atoms with van der Waals surface area (Å²) in [6, 6.07) is 23.0. The van der Waals surface area contributed by atoms with Crippen LogP contribution >= 0.6 is 15.9 Å². The van der Waals surface area contributed by atoms with Gasteiger partial charge in [-0.05, 0) is 28.8 Å². The number of hydrogen-bond acceptors (Lipinski definition) is 6. The number of hydrogen-bond donors (Lipinski definition) is 1. The van der Waals surface area contributed by atoms with E-state index in [1.165, 1.54) is 4.90 Å². The van der Waals surface area contributed by atoms with Gasteiger partial charge in [-0.1, -0.05) is 64.5 Å². The SMILES string of the molecule is N#CC1=C(N)C(C#N)(C#N)[C@@H](c2ccc(Br)cc2)[C@@H]2CN(C(=O)OCc3ccccc3)CC=C12. The lowest BCUT2D eigenvalue weighted by molar-refractivity contribution is 0.0898. The molecule has 34 heavy (non-hydrogen) atoms. The van der Waals surface area contributed by atoms with E-state index in [1.54, 1.807) is 6.08 Å². The van der Waals surface area contributed by atoms with Crippen LogP contribution in [0.2, 0.25) is 0 Å². The first-order valence-corrected chi connectivity index (χ1v) is 11.4. The van der Waals surface area contributed by atoms with Crippen LogP contribution < -0.4 is 5.73 Å². The third-order valence-electron chi connectivity index (χ3n) is 6.36. The summed E-state index contributed by atoms with van der Waals surface area (Å²) in [6.45, 7) is 0.547. The number of nitrogens with two attached hydrogens (primary N) is 1. The Bertz CT molecular complexity index is 1280. The van der Waals surface area contributed by atoms with Crippen molar-refractivity contribution in [1.82, 2.24) is 4.90 Å². The van der Waals surface area contributed by atoms with E-state index in [-0.39, 0.29) is 31.0 Å². The number of allylic oxidation sites excluding steroid dienone is 2. The zero-order valence-electron chi connectivity index (χ0n) is 18.1. The summed E-state index contributed by atoms with van der Waals surface area (Å²) in [6.07, 6.45) is 1.27. The Hall–Kier alpha value is -4.06. The lowest BCUT2D eigenvalue weighted by Gasteiger charge is -2.45. The average Bonchev–Trinajstić information content (AvgIpc) is 2.88. The molecule has 1 aliphatic heterocycles. The first-order chi connectivity index (χ1) is 16.4. The fourth-order valence-electron chi connectivity index (χ4n) is 4.69. The van der Waals surface area contributed by atoms with E-state index in [1.807, 2.05) is 54.6 Å². The van der Waals surface area contributed by atoms with Crippen molar-refractivity contribution in [2.24, 2.45) is 17.1 Å². The number of carbonyl (C=O) groups excluding carboxylic acids is 1. The van der Waals surface area contributed by atoms with Gasteiger partial charge in [-0.2, -0.15) is 15.8 Å². The molecule has 8 heteroatoms. The first-order valence-electron chi connectivity index (χ1n) is 10.6. The maximum atomic E-state index is 12.9. The molecule has 0 aromatic heterocycles. The Morgan fingerprint density at radius 1 is 1.12 bits per heavy atom. The van der Waals surface area contributed by atoms with Crippen molar-refractivity contribution in [3.63, 3.8) is 0 Å². The predicted molar refractivity (Wildman–Crippen MR) is 127 cm³/mol. The second-order valence-corrected chi connectivity index (χ2v) is 9.09. The van der Waals surface area contributed by atoms with Crippen molar-refractivity contribution < 1.29 is 9.53 Å². The van der Waals surface area contributed by atoms with Gasteiger partial charge in [0.25, 0.3) is 0 Å². The smallest absolute Gasteiger partial charge is 0.410 e. The largest absolute Gasteiger partial charge is 0.445 e. The van der Waals surface area contributed by atoms with Crippen molar-refractivity contribution in [2.75, 3.05) is 13.1 Å². The molecule has 168 valence electrons. The van der Waals surface area contributed by atoms with E-state index < -0.39 is 23.3 Å². The molecule has 0 bridgehead atoms. The molecule has 7 nitrogen and oxygen atoms in total. The molecule has 0 fully saturated rings. The highest BCUT2D eigenvalue weighted by atomic mass is 79.9. The Morgan fingerprint density at radius 3 is 2.41 bits per heavy atom. The number of benzene rings is 2. The minimum Gasteiger partial charge on any atom is -0.445 e. The molecule has 1 aliphatic carbocycles. The van der Waals surface area contributed by atoms with Crippen LogP contribution in [0.5, 0.6) is 0 Å². The third-order valence-corrected chi connectivity index (χ3v) is 6.89. The van der Waals surface area contributed by atoms with Crippen LogP contribution in [0, 0.1) is 45.3 Å². The van der Waals surface area contributed by atoms with E-state index in [4.69, 9.17) is 10.5 Å². The summed E-state index contributed by atoms with van der Waals surface area (Å²) in [5.41, 5.74) is 6.90. The zero-order valence-corrected chi connectivity index (χ0v) is 19.7. The lowest BCUT2D eigenvalue weighted by atomic mass is 9.58. The van der Waals surface area contributed by atoms with Crippen molar-refractivity contribution in [2.45, 2.75) is 12.5 Å². The fraction of sp³-hybridized carbons (Fsp3) is 0.231. The molecule has 2 aromatic rings. The molecule has 2 N–H and O–H groups in total. The number of nitriles is 3. The molecule has 4 rings (SSSR count). The van der Waals surface area contributed by atoms with E-state index in [9.17, 15) is 20.6 Å². The highest BCUT2D eigenvalue weighted by Crippen LogP contribution is 2.54. The van der Waals surface area contributed by atoms with Gasteiger partial charge in [-0.15, -0.1) is 0 Å². The minimum atomic E-state index is -1.75. The fourth-order valence-corrected chi connectivity index (χ4v) is 4.95. The van der Waals surface area contributed by atoms with Gasteiger partial charge in [0.05, 0.1) is 23.4 Å². The van der Waals surface area contributed by atoms with Gasteiger partial charge in [0, 0.05) is 29.4 Å². The molecule has 0 radical (unpaired) electrons. The number of rotatable bonds is 3. The second-order valence-electron chi connectivity index (χ2n) is 8.17. The number of nitrogens with zero attached hydrogens (tertiary/aromatic N) is 4. The van der Waals surface area contributed by atoms with Crippen LogP contribution in [0.15, 0.2) is 82.0 Å². The van der Waals surface area contributed by atoms with Crippen molar-refractivity contribution in [3.8, 4) is 18.2 Å². The van der Waals surface area contributed by atoms with Crippen LogP contribution in [0.3, 0.4) is 0 Å². The quantitative estimate of drug-likeness (QED) is 0.642. The predicted octanol–water partition coefficient (Wildman–Crippen LogP) is 4.51. The average molecular weight is 514 g/mol. The molecule has 2 aliphatic rings. The number of amides is 1. The van der Waals surface area contributed by atoms with Crippen LogP contribution in [0.4, 0.5) is 4.79 Å². The number of halogens is 1. The van der Waals surface area contributed by atoms with E-state index in [0.717, 1.165) is 15.6 Å². The third kappa shape index (κ3) is 3.92. The summed E-state index contributed by atoms with van der Waals surface area (Å²) >= 11 is 3.41. The lowest BCUT2D eigenvalue weighted by Crippen LogP contribution is -2.49. The Kier molecular flexibility index (Phi) is 6.41. The van der Waals surface area contributed by atoms with Gasteiger partial charge in [0.2, 0.25) is 0 Å². The molecule has 1 heterocycles. The van der Waals surface area contributed by atoms with E-state index in [0.29, 0.717) is 5.57 Å². The van der Waals surface area contributed by atoms with Crippen molar-refractivity contribution in [1.29, 1.82) is 15.8 Å². The Balaban J connectivity index is 1.73. The molecular weight excluding hydrogens is 494 g/mol. The standard InChI is InChI=1S/C26H20BrN5O2/c27-19-8-6-18(7-9-19)23-22-13-32(25(33)34-14-17-4-2-1-3-5-17)11-10-20(22)21(12-28)24(31)26(23,15-29)16-30/h1-10,22-23H,11,13-14,31H2/t22-,23+/m1/s1. The van der Waals surface area contributed by atoms with Gasteiger partial charge in [-0.3, -0.25) is 0 Å². The maximum absolute atomic E-state index is 12.9. The molecule has 0 saturated carbocycles. The van der Waals surface area contributed by atoms with Gasteiger partial charge in [0.1, 0.15) is 12.7 Å². The molecular formula is C26H20BrN5O2. The Morgan fingerprint density at radius 2 is 1.79 bits per heavy atom. The summed E-state index contributed by atoms with van der Waals surface area (Å²) in [7, 11) is 0. The monoisotopic (exact) mass is 513 g/mol. The highest BCUT2D eigenvalue weighted by Gasteiger charge is 2.54. The maximum Gasteiger partial charge on any atom is 0.410 e. The van der Waals surface area contributed by atoms with Crippen LogP contribution in [-0.4, -0.2) is 24.1 Å². The first kappa shape index (κ1) is 23.1. The Labute approximate surface area is 206 Å². The van der Waals surface area contributed by atoms with Gasteiger partial charge in [-0.25, -0.2) is 4.79 Å². The molecule has 0 saturated heterocycles. The highest BCUT2D eigenvalue weighted by molar-refractivity contribution is 9.10. The normalized spacial score (nSPS) is 20.8. The van der Waals surface area contributed by atoms with Crippen LogP contribution in [-0.2, 0) is 11.3 Å². The van der Waals surface area contributed by atoms with Crippen molar-refractivity contribution >= 4 is 22.0 Å². The summed E-state index contributed by atoms with van der Waals surface area (Å²) in [5, 5.41) is 30.2. The molecule has 0 spiro atoms. The summed E-state index contributed by atoms with van der Waals surface area (Å²) in [5.74, 6) is -1.16. The summed E-state index contributed by atoms with van der Waals surface area (Å²) in [4.78, 5) is 14.4. The van der Waals surface area contributed by atoms with Gasteiger partial charge in [0.15, 0.2) is 5.41 Å². The second kappa shape index (κ2) is 9.43. The van der Waals surface area contributed by atoms with Crippen LogP contribution in [0.25, 0.3) is 0 Å². The van der Waals surface area contributed by atoms with E-state index >= 15 is 0 Å². The molecule has 1 amide bonds. The van der Waals surface area contributed by atoms with E-state index in [2.05, 4.69) is 34.1 Å². The number of ether oxygens (including phenoxy) is 1. The summed E-state index contributed by atoms with van der Waals surface area (Å²) < 4.78 is 6.35. The van der Waals surface area contributed by atoms with Crippen molar-refractivity contribution in [3.05, 3.63) is 93.1 Å². The van der Waals surface area contributed by atoms with Gasteiger partial charge < -0.3 is 15.4 Å². The molecule has 2 atom stereocenters. The number of fused-ring (bicyclic) bond motifs is 1.